The molecule has 150 valence electrons. The Hall–Kier alpha value is -3.47. The first-order valence-electron chi connectivity index (χ1n) is 8.83. The largest absolute Gasteiger partial charge is 0.573 e. The van der Waals surface area contributed by atoms with Gasteiger partial charge in [0, 0.05) is 6.07 Å². The lowest BCUT2D eigenvalue weighted by atomic mass is 10.1. The number of hydrogen-bond acceptors (Lipinski definition) is 7. The Bertz CT molecular complexity index is 1190. The van der Waals surface area contributed by atoms with Gasteiger partial charge in [-0.15, -0.1) is 9.03 Å². The fraction of sp³-hybridized carbons (Fsp3) is 0.0500. The number of ether oxygens (including phenoxy) is 1. The van der Waals surface area contributed by atoms with Crippen molar-refractivity contribution >= 4 is 35.1 Å². The highest BCUT2D eigenvalue weighted by Crippen LogP contribution is 2.45. The van der Waals surface area contributed by atoms with Gasteiger partial charge in [-0.3, -0.25) is 0 Å². The van der Waals surface area contributed by atoms with Gasteiger partial charge < -0.3 is 14.4 Å². The van der Waals surface area contributed by atoms with Crippen molar-refractivity contribution in [3.63, 3.8) is 0 Å². The van der Waals surface area contributed by atoms with Crippen LogP contribution in [0, 0.1) is 5.82 Å². The topological polar surface area (TPSA) is 111 Å². The third-order valence-electron chi connectivity index (χ3n) is 4.73. The molecule has 0 fully saturated rings. The molecule has 2 aliphatic rings. The molecule has 0 bridgehead atoms. The summed E-state index contributed by atoms with van der Waals surface area (Å²) in [5.74, 6) is -1.04. The van der Waals surface area contributed by atoms with Crippen molar-refractivity contribution in [2.75, 3.05) is 4.31 Å². The van der Waals surface area contributed by atoms with Crippen LogP contribution in [0.2, 0.25) is 0 Å². The molecule has 1 aromatic heterocycles. The van der Waals surface area contributed by atoms with Crippen molar-refractivity contribution < 1.29 is 23.6 Å². The number of carboxylic acid groups (broad SMARTS) is 1. The van der Waals surface area contributed by atoms with E-state index in [-0.39, 0.29) is 22.8 Å². The first kappa shape index (κ1) is 18.6. The predicted octanol–water partition coefficient (Wildman–Crippen LogP) is 3.25. The molecule has 2 atom stereocenters. The Morgan fingerprint density at radius 1 is 1.23 bits per heavy atom. The number of para-hydroxylation sites is 1. The molecule has 0 saturated heterocycles. The highest BCUT2D eigenvalue weighted by molar-refractivity contribution is 7.91. The zero-order valence-corrected chi connectivity index (χ0v) is 16.0. The van der Waals surface area contributed by atoms with Crippen LogP contribution in [0.5, 0.6) is 11.5 Å². The van der Waals surface area contributed by atoms with Gasteiger partial charge in [0.2, 0.25) is 0 Å². The van der Waals surface area contributed by atoms with Crippen LogP contribution in [0.1, 0.15) is 17.3 Å². The van der Waals surface area contributed by atoms with Crippen molar-refractivity contribution in [3.8, 4) is 11.5 Å². The lowest BCUT2D eigenvalue weighted by Crippen LogP contribution is -2.45. The molecule has 2 heterocycles. The molecular formula is C20H13FN4O4S. The van der Waals surface area contributed by atoms with Crippen LogP contribution in [-0.2, 0) is 16.3 Å². The average Bonchev–Trinajstić information content (AvgIpc) is 3.11. The number of carbonyl (C=O) groups is 1. The molecule has 0 saturated carbocycles. The Balaban J connectivity index is 1.52. The summed E-state index contributed by atoms with van der Waals surface area (Å²) in [7, 11) is 0. The summed E-state index contributed by atoms with van der Waals surface area (Å²) in [5, 5.41) is 9.43. The predicted molar refractivity (Wildman–Crippen MR) is 107 cm³/mol. The molecule has 2 aromatic carbocycles. The molecule has 0 spiro atoms. The number of hydrogen-bond donors (Lipinski definition) is 2. The zero-order valence-electron chi connectivity index (χ0n) is 15.2. The molecule has 2 N–H and O–H groups in total. The molecule has 1 aliphatic heterocycles. The lowest BCUT2D eigenvalue weighted by Gasteiger charge is -2.33. The van der Waals surface area contributed by atoms with E-state index in [1.807, 2.05) is 6.07 Å². The highest BCUT2D eigenvalue weighted by Gasteiger charge is 2.45. The quantitative estimate of drug-likeness (QED) is 0.614. The van der Waals surface area contributed by atoms with Gasteiger partial charge >= 0.3 is 5.97 Å². The zero-order chi connectivity index (χ0) is 20.8. The summed E-state index contributed by atoms with van der Waals surface area (Å²) in [6, 6.07) is 12.1. The number of carboxylic acids is 1. The summed E-state index contributed by atoms with van der Waals surface area (Å²) in [6.07, 6.45) is 2.67. The van der Waals surface area contributed by atoms with E-state index in [0.717, 1.165) is 0 Å². The molecule has 10 heteroatoms. The van der Waals surface area contributed by atoms with Crippen LogP contribution in [0.25, 0.3) is 6.08 Å². The number of aliphatic carboxylic acids is 1. The molecule has 30 heavy (non-hydrogen) atoms. The maximum Gasteiger partial charge on any atom is 0.333 e. The molecule has 0 radical (unpaired) electrons. The molecular weight excluding hydrogens is 411 g/mol. The van der Waals surface area contributed by atoms with Gasteiger partial charge in [-0.2, -0.15) is 0 Å². The van der Waals surface area contributed by atoms with E-state index in [1.54, 1.807) is 30.3 Å². The smallest absolute Gasteiger partial charge is 0.333 e. The highest BCUT2D eigenvalue weighted by atomic mass is 32.2. The van der Waals surface area contributed by atoms with E-state index >= 15 is 0 Å². The molecule has 3 aromatic rings. The van der Waals surface area contributed by atoms with Crippen LogP contribution in [0.3, 0.4) is 0 Å². The minimum atomic E-state index is -1.90. The maximum absolute atomic E-state index is 14.7. The molecule has 1 aliphatic carbocycles. The minimum absolute atomic E-state index is 0.0151. The number of anilines is 2. The van der Waals surface area contributed by atoms with Crippen LogP contribution in [-0.4, -0.2) is 25.6 Å². The minimum Gasteiger partial charge on any atom is -0.573 e. The summed E-state index contributed by atoms with van der Waals surface area (Å²) < 4.78 is 37.2. The first-order valence-corrected chi connectivity index (χ1v) is 9.94. The second kappa shape index (κ2) is 7.10. The van der Waals surface area contributed by atoms with Crippen molar-refractivity contribution in [2.24, 2.45) is 0 Å². The lowest BCUT2D eigenvalue weighted by molar-refractivity contribution is -0.132. The van der Waals surface area contributed by atoms with E-state index < -0.39 is 29.4 Å². The summed E-state index contributed by atoms with van der Waals surface area (Å²) in [6.45, 7) is 0. The van der Waals surface area contributed by atoms with Crippen LogP contribution < -0.4 is 13.8 Å². The number of rotatable bonds is 4. The Labute approximate surface area is 173 Å². The van der Waals surface area contributed by atoms with Crippen LogP contribution in [0.4, 0.5) is 15.9 Å². The Morgan fingerprint density at radius 3 is 2.77 bits per heavy atom. The molecule has 0 amide bonds. The van der Waals surface area contributed by atoms with Crippen molar-refractivity contribution in [1.82, 2.24) is 14.7 Å². The van der Waals surface area contributed by atoms with E-state index in [0.29, 0.717) is 17.0 Å². The SMILES string of the molecule is O=C(O)C1=Cc2ncnc3c2C1N[S+]([O-])N3c1ccc(Oc2ccccc2)c(F)c1. The van der Waals surface area contributed by atoms with E-state index in [9.17, 15) is 18.8 Å². The normalized spacial score (nSPS) is 19.3. The fourth-order valence-corrected chi connectivity index (χ4v) is 4.57. The van der Waals surface area contributed by atoms with Gasteiger partial charge in [-0.25, -0.2) is 19.2 Å². The maximum atomic E-state index is 14.7. The third kappa shape index (κ3) is 2.98. The first-order chi connectivity index (χ1) is 14.5. The Morgan fingerprint density at radius 2 is 2.03 bits per heavy atom. The Kier molecular flexibility index (Phi) is 4.39. The monoisotopic (exact) mass is 424 g/mol. The van der Waals surface area contributed by atoms with Crippen LogP contribution >= 0.6 is 0 Å². The summed E-state index contributed by atoms with van der Waals surface area (Å²) >= 11 is -1.90. The van der Waals surface area contributed by atoms with Gasteiger partial charge in [0.05, 0.1) is 22.5 Å². The van der Waals surface area contributed by atoms with Gasteiger partial charge in [0.15, 0.2) is 28.9 Å². The molecule has 2 unspecified atom stereocenters. The van der Waals surface area contributed by atoms with E-state index in [2.05, 4.69) is 14.7 Å². The number of aromatic nitrogens is 2. The number of halogens is 1. The molecule has 5 rings (SSSR count). The van der Waals surface area contributed by atoms with Crippen molar-refractivity contribution in [2.45, 2.75) is 6.04 Å². The second-order valence-electron chi connectivity index (χ2n) is 6.53. The average molecular weight is 424 g/mol. The summed E-state index contributed by atoms with van der Waals surface area (Å²) in [4.78, 5) is 19.8. The van der Waals surface area contributed by atoms with E-state index in [1.165, 1.54) is 28.8 Å². The summed E-state index contributed by atoms with van der Waals surface area (Å²) in [5.41, 5.74) is 1.19. The van der Waals surface area contributed by atoms with Gasteiger partial charge in [-0.1, -0.05) is 18.2 Å². The van der Waals surface area contributed by atoms with Crippen molar-refractivity contribution in [3.05, 3.63) is 77.5 Å². The van der Waals surface area contributed by atoms with Gasteiger partial charge in [0.25, 0.3) is 0 Å². The van der Waals surface area contributed by atoms with Gasteiger partial charge in [0.1, 0.15) is 18.1 Å². The second-order valence-corrected chi connectivity index (χ2v) is 7.62. The third-order valence-corrected chi connectivity index (χ3v) is 5.88. The van der Waals surface area contributed by atoms with Gasteiger partial charge in [-0.05, 0) is 30.3 Å². The van der Waals surface area contributed by atoms with Crippen LogP contribution in [0.15, 0.2) is 60.4 Å². The fourth-order valence-electron chi connectivity index (χ4n) is 3.41. The molecule has 8 nitrogen and oxygen atoms in total. The number of benzene rings is 2. The van der Waals surface area contributed by atoms with Crippen molar-refractivity contribution in [1.29, 1.82) is 0 Å². The van der Waals surface area contributed by atoms with E-state index in [4.69, 9.17) is 4.74 Å². The number of nitrogens with one attached hydrogen (secondary N) is 1. The standard InChI is InChI=1S/C20H13FN4O4S/c21-14-8-11(6-7-16(14)29-12-4-2-1-3-5-12)25-19-17-15(22-10-23-19)9-13(20(26)27)18(17)24-30(25)28/h1-10,18,24H,(H,26,27). The number of nitrogens with zero attached hydrogens (tertiary/aromatic N) is 3.